The summed E-state index contributed by atoms with van der Waals surface area (Å²) in [4.78, 5) is 4.50. The minimum absolute atomic E-state index is 0.145. The quantitative estimate of drug-likeness (QED) is 0.762. The Bertz CT molecular complexity index is 586. The number of methoxy groups -OCH3 is 1. The molecule has 0 radical (unpaired) electrons. The number of hydrogen-bond acceptors (Lipinski definition) is 4. The van der Waals surface area contributed by atoms with Gasteiger partial charge in [-0.15, -0.1) is 11.3 Å². The van der Waals surface area contributed by atoms with Crippen LogP contribution in [0.5, 0.6) is 5.75 Å². The number of nitrogens with zero attached hydrogens (tertiary/aromatic N) is 1. The third-order valence-corrected chi connectivity index (χ3v) is 4.76. The molecule has 0 aliphatic rings. The van der Waals surface area contributed by atoms with Gasteiger partial charge in [-0.05, 0) is 51.8 Å². The molecular weight excluding hydrogens is 392 g/mol. The summed E-state index contributed by atoms with van der Waals surface area (Å²) < 4.78 is 7.22. The minimum atomic E-state index is 0.145. The van der Waals surface area contributed by atoms with Crippen molar-refractivity contribution in [2.24, 2.45) is 0 Å². The molecule has 1 heterocycles. The average molecular weight is 406 g/mol. The second-order valence-corrected chi connectivity index (χ2v) is 6.89. The van der Waals surface area contributed by atoms with Crippen molar-refractivity contribution in [3.63, 3.8) is 0 Å². The number of ether oxygens (including phenoxy) is 1. The van der Waals surface area contributed by atoms with E-state index in [-0.39, 0.29) is 6.04 Å². The number of rotatable bonds is 4. The number of halogens is 2. The fourth-order valence-corrected chi connectivity index (χ4v) is 3.66. The Morgan fingerprint density at radius 1 is 1.32 bits per heavy atom. The highest BCUT2D eigenvalue weighted by atomic mass is 79.9. The van der Waals surface area contributed by atoms with Crippen LogP contribution in [-0.2, 0) is 0 Å². The zero-order chi connectivity index (χ0) is 14.0. The maximum absolute atomic E-state index is 5.31. The van der Waals surface area contributed by atoms with Gasteiger partial charge in [-0.2, -0.15) is 0 Å². The van der Waals surface area contributed by atoms with E-state index in [2.05, 4.69) is 54.5 Å². The van der Waals surface area contributed by atoms with E-state index >= 15 is 0 Å². The molecule has 1 aromatic heterocycles. The van der Waals surface area contributed by atoms with Gasteiger partial charge >= 0.3 is 0 Å². The molecule has 2 aromatic rings. The fraction of sp³-hybridized carbons (Fsp3) is 0.308. The van der Waals surface area contributed by atoms with Gasteiger partial charge in [0.15, 0.2) is 0 Å². The lowest BCUT2D eigenvalue weighted by atomic mass is 10.2. The number of thiazole rings is 1. The molecule has 6 heteroatoms. The van der Waals surface area contributed by atoms with Crippen molar-refractivity contribution >= 4 is 48.9 Å². The van der Waals surface area contributed by atoms with Crippen LogP contribution < -0.4 is 10.1 Å². The standard InChI is InChI=1S/C13H14Br2N2OS/c1-7(12-6-19-8(2)17-12)16-11-5-13(18-3)10(15)4-9(11)14/h4-7,16H,1-3H3. The van der Waals surface area contributed by atoms with E-state index in [1.807, 2.05) is 19.1 Å². The van der Waals surface area contributed by atoms with Crippen LogP contribution in [0, 0.1) is 6.92 Å². The molecule has 0 aliphatic carbocycles. The molecular formula is C13H14Br2N2OS. The Kier molecular flexibility index (Phi) is 4.86. The molecule has 0 fully saturated rings. The first kappa shape index (κ1) is 14.8. The lowest BCUT2D eigenvalue weighted by Crippen LogP contribution is -2.07. The highest BCUT2D eigenvalue weighted by Gasteiger charge is 2.12. The van der Waals surface area contributed by atoms with Gasteiger partial charge in [-0.25, -0.2) is 4.98 Å². The third-order valence-electron chi connectivity index (χ3n) is 2.69. The van der Waals surface area contributed by atoms with Gasteiger partial charge in [0, 0.05) is 15.9 Å². The summed E-state index contributed by atoms with van der Waals surface area (Å²) in [5.74, 6) is 0.798. The molecule has 0 amide bonds. The van der Waals surface area contributed by atoms with Gasteiger partial charge < -0.3 is 10.1 Å². The Morgan fingerprint density at radius 2 is 2.05 bits per heavy atom. The van der Waals surface area contributed by atoms with Crippen molar-refractivity contribution in [2.45, 2.75) is 19.9 Å². The second kappa shape index (κ2) is 6.24. The monoisotopic (exact) mass is 404 g/mol. The second-order valence-electron chi connectivity index (χ2n) is 4.12. The van der Waals surface area contributed by atoms with E-state index in [9.17, 15) is 0 Å². The van der Waals surface area contributed by atoms with Crippen molar-refractivity contribution in [3.8, 4) is 5.75 Å². The van der Waals surface area contributed by atoms with Gasteiger partial charge in [0.2, 0.25) is 0 Å². The van der Waals surface area contributed by atoms with Crippen LogP contribution >= 0.6 is 43.2 Å². The lowest BCUT2D eigenvalue weighted by Gasteiger charge is -2.16. The Hall–Kier alpha value is -0.590. The number of anilines is 1. The number of hydrogen-bond donors (Lipinski definition) is 1. The molecule has 1 atom stereocenters. The molecule has 1 unspecified atom stereocenters. The summed E-state index contributed by atoms with van der Waals surface area (Å²) in [5.41, 5.74) is 2.04. The first-order valence-electron chi connectivity index (χ1n) is 5.73. The summed E-state index contributed by atoms with van der Waals surface area (Å²) in [6.07, 6.45) is 0. The van der Waals surface area contributed by atoms with Gasteiger partial charge in [-0.3, -0.25) is 0 Å². The maximum Gasteiger partial charge on any atom is 0.135 e. The van der Waals surface area contributed by atoms with E-state index in [0.717, 1.165) is 31.1 Å². The first-order valence-corrected chi connectivity index (χ1v) is 8.19. The molecule has 19 heavy (non-hydrogen) atoms. The molecule has 102 valence electrons. The third kappa shape index (κ3) is 3.49. The van der Waals surface area contributed by atoms with Crippen LogP contribution in [0.4, 0.5) is 5.69 Å². The summed E-state index contributed by atoms with van der Waals surface area (Å²) in [5, 5.41) is 6.60. The van der Waals surface area contributed by atoms with Crippen molar-refractivity contribution in [3.05, 3.63) is 37.2 Å². The number of aromatic nitrogens is 1. The largest absolute Gasteiger partial charge is 0.495 e. The maximum atomic E-state index is 5.31. The summed E-state index contributed by atoms with van der Waals surface area (Å²) in [6, 6.07) is 4.08. The van der Waals surface area contributed by atoms with Crippen molar-refractivity contribution in [2.75, 3.05) is 12.4 Å². The van der Waals surface area contributed by atoms with E-state index in [1.54, 1.807) is 18.4 Å². The number of benzene rings is 1. The zero-order valence-electron chi connectivity index (χ0n) is 10.8. The molecule has 2 rings (SSSR count). The minimum Gasteiger partial charge on any atom is -0.495 e. The molecule has 0 aliphatic heterocycles. The van der Waals surface area contributed by atoms with Crippen molar-refractivity contribution in [1.29, 1.82) is 0 Å². The molecule has 3 nitrogen and oxygen atoms in total. The normalized spacial score (nSPS) is 12.3. The van der Waals surface area contributed by atoms with Crippen molar-refractivity contribution in [1.82, 2.24) is 4.98 Å². The van der Waals surface area contributed by atoms with Crippen LogP contribution in [-0.4, -0.2) is 12.1 Å². The van der Waals surface area contributed by atoms with Gasteiger partial charge in [-0.1, -0.05) is 0 Å². The molecule has 0 spiro atoms. The summed E-state index contributed by atoms with van der Waals surface area (Å²) in [7, 11) is 1.66. The van der Waals surface area contributed by atoms with E-state index in [4.69, 9.17) is 4.74 Å². The lowest BCUT2D eigenvalue weighted by molar-refractivity contribution is 0.412. The summed E-state index contributed by atoms with van der Waals surface area (Å²) in [6.45, 7) is 4.11. The summed E-state index contributed by atoms with van der Waals surface area (Å²) >= 11 is 8.68. The predicted octanol–water partition coefficient (Wildman–Crippen LogP) is 5.16. The predicted molar refractivity (Wildman–Crippen MR) is 87.3 cm³/mol. The van der Waals surface area contributed by atoms with E-state index in [0.29, 0.717) is 0 Å². The van der Waals surface area contributed by atoms with Gasteiger partial charge in [0.05, 0.1) is 34.0 Å². The SMILES string of the molecule is COc1cc(NC(C)c2csc(C)n2)c(Br)cc1Br. The van der Waals surface area contributed by atoms with Crippen LogP contribution in [0.15, 0.2) is 26.5 Å². The van der Waals surface area contributed by atoms with Crippen LogP contribution in [0.2, 0.25) is 0 Å². The van der Waals surface area contributed by atoms with E-state index < -0.39 is 0 Å². The molecule has 1 aromatic carbocycles. The van der Waals surface area contributed by atoms with Gasteiger partial charge in [0.25, 0.3) is 0 Å². The Balaban J connectivity index is 2.23. The molecule has 0 bridgehead atoms. The van der Waals surface area contributed by atoms with Crippen LogP contribution in [0.25, 0.3) is 0 Å². The highest BCUT2D eigenvalue weighted by Crippen LogP contribution is 2.36. The molecule has 0 saturated heterocycles. The number of nitrogens with one attached hydrogen (secondary N) is 1. The molecule has 1 N–H and O–H groups in total. The fourth-order valence-electron chi connectivity index (χ4n) is 1.68. The van der Waals surface area contributed by atoms with Crippen LogP contribution in [0.1, 0.15) is 23.7 Å². The smallest absolute Gasteiger partial charge is 0.135 e. The van der Waals surface area contributed by atoms with E-state index in [1.165, 1.54) is 0 Å². The zero-order valence-corrected chi connectivity index (χ0v) is 14.8. The molecule has 0 saturated carbocycles. The first-order chi connectivity index (χ1) is 9.01. The van der Waals surface area contributed by atoms with Gasteiger partial charge in [0.1, 0.15) is 5.75 Å². The Labute approximate surface area is 133 Å². The highest BCUT2D eigenvalue weighted by molar-refractivity contribution is 9.11. The number of aryl methyl sites for hydroxylation is 1. The average Bonchev–Trinajstić information content (AvgIpc) is 2.79. The topological polar surface area (TPSA) is 34.1 Å². The van der Waals surface area contributed by atoms with Crippen LogP contribution in [0.3, 0.4) is 0 Å². The Morgan fingerprint density at radius 3 is 2.63 bits per heavy atom. The van der Waals surface area contributed by atoms with Crippen molar-refractivity contribution < 1.29 is 4.74 Å².